The van der Waals surface area contributed by atoms with Crippen LogP contribution in [-0.2, 0) is 4.79 Å². The zero-order valence-electron chi connectivity index (χ0n) is 14.5. The Morgan fingerprint density at radius 2 is 2.00 bits per heavy atom. The van der Waals surface area contributed by atoms with E-state index in [2.05, 4.69) is 40.4 Å². The summed E-state index contributed by atoms with van der Waals surface area (Å²) in [5.41, 5.74) is 2.89. The summed E-state index contributed by atoms with van der Waals surface area (Å²) in [4.78, 5) is 16.6. The number of hydrogen-bond donors (Lipinski definition) is 2. The van der Waals surface area contributed by atoms with E-state index in [1.54, 1.807) is 12.1 Å². The highest BCUT2D eigenvalue weighted by Crippen LogP contribution is 2.22. The van der Waals surface area contributed by atoms with Crippen molar-refractivity contribution in [2.24, 2.45) is 0 Å². The number of rotatable bonds is 6. The van der Waals surface area contributed by atoms with Crippen LogP contribution in [0.15, 0.2) is 53.7 Å². The molecular weight excluding hydrogens is 368 g/mol. The van der Waals surface area contributed by atoms with Crippen LogP contribution in [-0.4, -0.2) is 26.8 Å². The van der Waals surface area contributed by atoms with Crippen molar-refractivity contribution in [3.05, 3.63) is 59.1 Å². The lowest BCUT2D eigenvalue weighted by Crippen LogP contribution is -2.14. The number of aromatic nitrogens is 3. The number of H-pyrrole nitrogens is 1. The van der Waals surface area contributed by atoms with Gasteiger partial charge in [0.15, 0.2) is 5.82 Å². The summed E-state index contributed by atoms with van der Waals surface area (Å²) in [6.07, 6.45) is 0. The molecule has 7 heteroatoms. The number of carbonyl (C=O) groups excluding carboxylic acids is 1. The standard InChI is InChI=1S/C19H19ClN4OS/c1-12(2)14-4-3-5-16(10-14)21-17(25)11-26-19-22-18(23-24-19)13-6-8-15(20)9-7-13/h3-10,12H,11H2,1-2H3,(H,21,25)(H,22,23,24). The van der Waals surface area contributed by atoms with Gasteiger partial charge in [0.1, 0.15) is 0 Å². The molecule has 0 spiro atoms. The molecule has 0 bridgehead atoms. The predicted octanol–water partition coefficient (Wildman–Crippen LogP) is 4.98. The van der Waals surface area contributed by atoms with Crippen LogP contribution in [0.2, 0.25) is 5.02 Å². The van der Waals surface area contributed by atoms with Crippen LogP contribution < -0.4 is 5.32 Å². The van der Waals surface area contributed by atoms with Gasteiger partial charge in [-0.2, -0.15) is 0 Å². The highest BCUT2D eigenvalue weighted by Gasteiger charge is 2.10. The number of anilines is 1. The van der Waals surface area contributed by atoms with Crippen LogP contribution in [0.5, 0.6) is 0 Å². The fourth-order valence-electron chi connectivity index (χ4n) is 2.35. The molecule has 0 saturated heterocycles. The zero-order chi connectivity index (χ0) is 18.5. The molecule has 0 atom stereocenters. The fourth-order valence-corrected chi connectivity index (χ4v) is 3.07. The summed E-state index contributed by atoms with van der Waals surface area (Å²) in [5.74, 6) is 1.22. The van der Waals surface area contributed by atoms with Gasteiger partial charge in [0.2, 0.25) is 11.1 Å². The summed E-state index contributed by atoms with van der Waals surface area (Å²) >= 11 is 7.17. The molecule has 0 fully saturated rings. The molecule has 26 heavy (non-hydrogen) atoms. The highest BCUT2D eigenvalue weighted by atomic mass is 35.5. The molecule has 5 nitrogen and oxygen atoms in total. The number of hydrogen-bond acceptors (Lipinski definition) is 4. The molecule has 0 unspecified atom stereocenters. The number of benzene rings is 2. The number of amides is 1. The quantitative estimate of drug-likeness (QED) is 0.586. The lowest BCUT2D eigenvalue weighted by molar-refractivity contribution is -0.113. The molecule has 1 heterocycles. The van der Waals surface area contributed by atoms with E-state index >= 15 is 0 Å². The number of halogens is 1. The van der Waals surface area contributed by atoms with Gasteiger partial charge >= 0.3 is 0 Å². The molecule has 1 aromatic heterocycles. The maximum absolute atomic E-state index is 12.2. The van der Waals surface area contributed by atoms with Crippen LogP contribution in [0.1, 0.15) is 25.3 Å². The van der Waals surface area contributed by atoms with E-state index in [0.717, 1.165) is 11.3 Å². The predicted molar refractivity (Wildman–Crippen MR) is 107 cm³/mol. The van der Waals surface area contributed by atoms with Crippen LogP contribution >= 0.6 is 23.4 Å². The monoisotopic (exact) mass is 386 g/mol. The Hall–Kier alpha value is -2.31. The molecule has 3 aromatic rings. The van der Waals surface area contributed by atoms with Crippen molar-refractivity contribution in [2.75, 3.05) is 11.1 Å². The van der Waals surface area contributed by atoms with Crippen LogP contribution in [0.25, 0.3) is 11.4 Å². The third-order valence-corrected chi connectivity index (χ3v) is 4.85. The van der Waals surface area contributed by atoms with Gasteiger partial charge in [0.25, 0.3) is 0 Å². The molecule has 1 amide bonds. The summed E-state index contributed by atoms with van der Waals surface area (Å²) in [6.45, 7) is 4.25. The first kappa shape index (κ1) is 18.5. The summed E-state index contributed by atoms with van der Waals surface area (Å²) in [7, 11) is 0. The van der Waals surface area contributed by atoms with E-state index in [0.29, 0.717) is 21.9 Å². The van der Waals surface area contributed by atoms with Gasteiger partial charge in [-0.15, -0.1) is 5.10 Å². The lowest BCUT2D eigenvalue weighted by atomic mass is 10.0. The minimum absolute atomic E-state index is 0.0891. The number of nitrogens with one attached hydrogen (secondary N) is 2. The van der Waals surface area contributed by atoms with Crippen molar-refractivity contribution in [2.45, 2.75) is 24.9 Å². The minimum atomic E-state index is -0.0891. The molecule has 0 radical (unpaired) electrons. The molecule has 0 saturated carbocycles. The molecule has 3 rings (SSSR count). The maximum Gasteiger partial charge on any atom is 0.234 e. The van der Waals surface area contributed by atoms with Gasteiger partial charge in [-0.3, -0.25) is 9.89 Å². The van der Waals surface area contributed by atoms with Gasteiger partial charge in [0, 0.05) is 16.3 Å². The Kier molecular flexibility index (Phi) is 5.96. The Morgan fingerprint density at radius 3 is 2.73 bits per heavy atom. The number of aromatic amines is 1. The van der Waals surface area contributed by atoms with Gasteiger partial charge < -0.3 is 5.32 Å². The molecule has 0 aliphatic carbocycles. The van der Waals surface area contributed by atoms with Gasteiger partial charge in [-0.25, -0.2) is 4.98 Å². The summed E-state index contributed by atoms with van der Waals surface area (Å²) in [6, 6.07) is 15.2. The average molecular weight is 387 g/mol. The Morgan fingerprint density at radius 1 is 1.23 bits per heavy atom. The molecule has 0 aliphatic rings. The van der Waals surface area contributed by atoms with Gasteiger partial charge in [-0.1, -0.05) is 49.3 Å². The lowest BCUT2D eigenvalue weighted by Gasteiger charge is -2.09. The second kappa shape index (κ2) is 8.38. The first-order chi connectivity index (χ1) is 12.5. The first-order valence-corrected chi connectivity index (χ1v) is 9.58. The number of carbonyl (C=O) groups is 1. The topological polar surface area (TPSA) is 70.7 Å². The fraction of sp³-hybridized carbons (Fsp3) is 0.211. The summed E-state index contributed by atoms with van der Waals surface area (Å²) in [5, 5.41) is 11.1. The van der Waals surface area contributed by atoms with Crippen molar-refractivity contribution in [3.8, 4) is 11.4 Å². The second-order valence-corrected chi connectivity index (χ2v) is 7.47. The van der Waals surface area contributed by atoms with Crippen molar-refractivity contribution in [3.63, 3.8) is 0 Å². The molecule has 134 valence electrons. The largest absolute Gasteiger partial charge is 0.325 e. The molecule has 2 aromatic carbocycles. The van der Waals surface area contributed by atoms with Crippen LogP contribution in [0.4, 0.5) is 5.69 Å². The number of thioether (sulfide) groups is 1. The van der Waals surface area contributed by atoms with Crippen molar-refractivity contribution < 1.29 is 4.79 Å². The molecule has 0 aliphatic heterocycles. The Balaban J connectivity index is 1.56. The Bertz CT molecular complexity index is 893. The minimum Gasteiger partial charge on any atom is -0.325 e. The molecule has 2 N–H and O–H groups in total. The van der Waals surface area contributed by atoms with E-state index in [1.165, 1.54) is 17.3 Å². The van der Waals surface area contributed by atoms with Crippen LogP contribution in [0, 0.1) is 0 Å². The Labute approximate surface area is 161 Å². The smallest absolute Gasteiger partial charge is 0.234 e. The average Bonchev–Trinajstić information content (AvgIpc) is 3.10. The van der Waals surface area contributed by atoms with Crippen molar-refractivity contribution in [1.29, 1.82) is 0 Å². The zero-order valence-corrected chi connectivity index (χ0v) is 16.1. The second-order valence-electron chi connectivity index (χ2n) is 6.09. The van der Waals surface area contributed by atoms with E-state index in [-0.39, 0.29) is 11.7 Å². The van der Waals surface area contributed by atoms with E-state index in [9.17, 15) is 4.79 Å². The van der Waals surface area contributed by atoms with Crippen molar-refractivity contribution >= 4 is 35.0 Å². The summed E-state index contributed by atoms with van der Waals surface area (Å²) < 4.78 is 0. The number of nitrogens with zero attached hydrogens (tertiary/aromatic N) is 2. The van der Waals surface area contributed by atoms with Crippen LogP contribution in [0.3, 0.4) is 0 Å². The molecular formula is C19H19ClN4OS. The van der Waals surface area contributed by atoms with Gasteiger partial charge in [-0.05, 0) is 47.9 Å². The van der Waals surface area contributed by atoms with E-state index in [4.69, 9.17) is 11.6 Å². The van der Waals surface area contributed by atoms with E-state index in [1.807, 2.05) is 30.3 Å². The SMILES string of the molecule is CC(C)c1cccc(NC(=O)CSc2n[nH]c(-c3ccc(Cl)cc3)n2)c1. The normalized spacial score (nSPS) is 10.9. The maximum atomic E-state index is 12.2. The van der Waals surface area contributed by atoms with Gasteiger partial charge in [0.05, 0.1) is 5.75 Å². The van der Waals surface area contributed by atoms with Crippen molar-refractivity contribution in [1.82, 2.24) is 15.2 Å². The third kappa shape index (κ3) is 4.86. The third-order valence-electron chi connectivity index (χ3n) is 3.75. The highest BCUT2D eigenvalue weighted by molar-refractivity contribution is 7.99. The van der Waals surface area contributed by atoms with E-state index < -0.39 is 0 Å². The first-order valence-electron chi connectivity index (χ1n) is 8.22.